The summed E-state index contributed by atoms with van der Waals surface area (Å²) in [5.41, 5.74) is 1.26. The van der Waals surface area contributed by atoms with Crippen LogP contribution in [0.5, 0.6) is 0 Å². The Hall–Kier alpha value is -0.600. The number of hydrogen-bond donors (Lipinski definition) is 1. The second-order valence-electron chi connectivity index (χ2n) is 6.39. The average Bonchev–Trinajstić information content (AvgIpc) is 3.16. The molecule has 1 atom stereocenters. The van der Waals surface area contributed by atoms with E-state index in [-0.39, 0.29) is 16.3 Å². The molecule has 0 aromatic heterocycles. The van der Waals surface area contributed by atoms with Gasteiger partial charge in [0.15, 0.2) is 0 Å². The molecule has 1 N–H and O–H groups in total. The van der Waals surface area contributed by atoms with Crippen molar-refractivity contribution in [2.75, 3.05) is 6.54 Å². The lowest BCUT2D eigenvalue weighted by atomic mass is 9.78. The molecule has 1 unspecified atom stereocenters. The smallest absolute Gasteiger partial charge is 0.142 e. The summed E-state index contributed by atoms with van der Waals surface area (Å²) in [5, 5.41) is 3.74. The van der Waals surface area contributed by atoms with Gasteiger partial charge in [-0.1, -0.05) is 38.4 Å². The molecule has 2 rings (SSSR count). The SMILES string of the molecule is CC(C)NCC(C)(Cc1ccc(Cl)c(F)c1)C1CC1. The monoisotopic (exact) mass is 283 g/mol. The van der Waals surface area contributed by atoms with E-state index in [0.717, 1.165) is 24.4 Å². The maximum absolute atomic E-state index is 13.5. The van der Waals surface area contributed by atoms with E-state index >= 15 is 0 Å². The van der Waals surface area contributed by atoms with Crippen LogP contribution in [0.3, 0.4) is 0 Å². The van der Waals surface area contributed by atoms with Gasteiger partial charge in [0.25, 0.3) is 0 Å². The summed E-state index contributed by atoms with van der Waals surface area (Å²) in [6.07, 6.45) is 3.50. The quantitative estimate of drug-likeness (QED) is 0.814. The van der Waals surface area contributed by atoms with Crippen molar-refractivity contribution < 1.29 is 4.39 Å². The van der Waals surface area contributed by atoms with E-state index in [1.54, 1.807) is 12.1 Å². The van der Waals surface area contributed by atoms with Crippen molar-refractivity contribution in [1.29, 1.82) is 0 Å². The molecule has 0 spiro atoms. The standard InChI is InChI=1S/C16H23ClFN/c1-11(2)19-10-16(3,13-5-6-13)9-12-4-7-14(17)15(18)8-12/h4,7-8,11,13,19H,5-6,9-10H2,1-3H3. The van der Waals surface area contributed by atoms with Gasteiger partial charge in [0.1, 0.15) is 5.82 Å². The third-order valence-electron chi connectivity index (χ3n) is 4.07. The van der Waals surface area contributed by atoms with Crippen LogP contribution in [0.1, 0.15) is 39.2 Å². The van der Waals surface area contributed by atoms with Crippen LogP contribution < -0.4 is 5.32 Å². The van der Waals surface area contributed by atoms with Gasteiger partial charge in [-0.25, -0.2) is 4.39 Å². The van der Waals surface area contributed by atoms with Crippen LogP contribution in [0.2, 0.25) is 5.02 Å². The minimum atomic E-state index is -0.311. The van der Waals surface area contributed by atoms with E-state index in [2.05, 4.69) is 26.1 Å². The van der Waals surface area contributed by atoms with E-state index in [4.69, 9.17) is 11.6 Å². The molecule has 1 nitrogen and oxygen atoms in total. The molecule has 0 radical (unpaired) electrons. The fraction of sp³-hybridized carbons (Fsp3) is 0.625. The summed E-state index contributed by atoms with van der Waals surface area (Å²) in [7, 11) is 0. The summed E-state index contributed by atoms with van der Waals surface area (Å²) in [6.45, 7) is 7.62. The molecule has 1 saturated carbocycles. The zero-order chi connectivity index (χ0) is 14.0. The second kappa shape index (κ2) is 5.80. The van der Waals surface area contributed by atoms with Crippen LogP contribution in [0.25, 0.3) is 0 Å². The lowest BCUT2D eigenvalue weighted by molar-refractivity contribution is 0.248. The Kier molecular flexibility index (Phi) is 4.52. The fourth-order valence-electron chi connectivity index (χ4n) is 2.68. The average molecular weight is 284 g/mol. The Morgan fingerprint density at radius 2 is 2.11 bits per heavy atom. The lowest BCUT2D eigenvalue weighted by Crippen LogP contribution is -2.38. The highest BCUT2D eigenvalue weighted by molar-refractivity contribution is 6.30. The molecule has 0 bridgehead atoms. The van der Waals surface area contributed by atoms with Crippen LogP contribution in [0.15, 0.2) is 18.2 Å². The molecule has 0 amide bonds. The number of rotatable bonds is 6. The van der Waals surface area contributed by atoms with Gasteiger partial charge >= 0.3 is 0 Å². The molecule has 0 heterocycles. The lowest BCUT2D eigenvalue weighted by Gasteiger charge is -2.31. The summed E-state index contributed by atoms with van der Waals surface area (Å²) in [6, 6.07) is 5.68. The Bertz CT molecular complexity index is 442. The molecular weight excluding hydrogens is 261 g/mol. The predicted molar refractivity (Wildman–Crippen MR) is 79.1 cm³/mol. The molecule has 3 heteroatoms. The highest BCUT2D eigenvalue weighted by atomic mass is 35.5. The molecule has 1 aliphatic rings. The number of halogens is 2. The van der Waals surface area contributed by atoms with Gasteiger partial charge in [-0.15, -0.1) is 0 Å². The molecule has 1 fully saturated rings. The topological polar surface area (TPSA) is 12.0 Å². The molecule has 1 aromatic rings. The first kappa shape index (κ1) is 14.8. The van der Waals surface area contributed by atoms with Crippen LogP contribution in [0.4, 0.5) is 4.39 Å². The van der Waals surface area contributed by atoms with E-state index in [1.165, 1.54) is 12.8 Å². The van der Waals surface area contributed by atoms with E-state index in [0.29, 0.717) is 6.04 Å². The van der Waals surface area contributed by atoms with E-state index in [9.17, 15) is 4.39 Å². The van der Waals surface area contributed by atoms with Gasteiger partial charge in [0, 0.05) is 12.6 Å². The molecule has 0 aliphatic heterocycles. The first-order chi connectivity index (χ1) is 8.90. The highest BCUT2D eigenvalue weighted by Gasteiger charge is 2.41. The van der Waals surface area contributed by atoms with Crippen LogP contribution in [-0.2, 0) is 6.42 Å². The molecular formula is C16H23ClFN. The second-order valence-corrected chi connectivity index (χ2v) is 6.80. The zero-order valence-corrected chi connectivity index (χ0v) is 12.7. The van der Waals surface area contributed by atoms with E-state index in [1.807, 2.05) is 6.07 Å². The van der Waals surface area contributed by atoms with Crippen molar-refractivity contribution in [3.63, 3.8) is 0 Å². The minimum absolute atomic E-state index is 0.206. The molecule has 0 saturated heterocycles. The van der Waals surface area contributed by atoms with Crippen molar-refractivity contribution in [2.24, 2.45) is 11.3 Å². The summed E-state index contributed by atoms with van der Waals surface area (Å²) < 4.78 is 13.5. The summed E-state index contributed by atoms with van der Waals surface area (Å²) in [4.78, 5) is 0. The van der Waals surface area contributed by atoms with Crippen LogP contribution in [-0.4, -0.2) is 12.6 Å². The van der Waals surface area contributed by atoms with Crippen LogP contribution in [0, 0.1) is 17.2 Å². The Morgan fingerprint density at radius 1 is 1.42 bits per heavy atom. The maximum Gasteiger partial charge on any atom is 0.142 e. The van der Waals surface area contributed by atoms with E-state index < -0.39 is 0 Å². The fourth-order valence-corrected chi connectivity index (χ4v) is 2.80. The van der Waals surface area contributed by atoms with Gasteiger partial charge in [0.05, 0.1) is 5.02 Å². The largest absolute Gasteiger partial charge is 0.314 e. The van der Waals surface area contributed by atoms with Gasteiger partial charge in [-0.05, 0) is 48.3 Å². The van der Waals surface area contributed by atoms with Crippen LogP contribution >= 0.6 is 11.6 Å². The van der Waals surface area contributed by atoms with Crippen molar-refractivity contribution in [3.8, 4) is 0 Å². The van der Waals surface area contributed by atoms with Crippen molar-refractivity contribution in [3.05, 3.63) is 34.6 Å². The van der Waals surface area contributed by atoms with Gasteiger partial charge in [-0.2, -0.15) is 0 Å². The summed E-state index contributed by atoms with van der Waals surface area (Å²) >= 11 is 5.74. The van der Waals surface area contributed by atoms with Crippen molar-refractivity contribution >= 4 is 11.6 Å². The normalized spacial score (nSPS) is 18.6. The minimum Gasteiger partial charge on any atom is -0.314 e. The molecule has 19 heavy (non-hydrogen) atoms. The number of benzene rings is 1. The first-order valence-corrected chi connectivity index (χ1v) is 7.46. The highest BCUT2D eigenvalue weighted by Crippen LogP contribution is 2.47. The maximum atomic E-state index is 13.5. The predicted octanol–water partition coefficient (Wildman–Crippen LogP) is 4.44. The molecule has 106 valence electrons. The Morgan fingerprint density at radius 3 is 2.63 bits per heavy atom. The number of nitrogens with one attached hydrogen (secondary N) is 1. The third-order valence-corrected chi connectivity index (χ3v) is 4.38. The van der Waals surface area contributed by atoms with Gasteiger partial charge in [0.2, 0.25) is 0 Å². The van der Waals surface area contributed by atoms with Crippen molar-refractivity contribution in [2.45, 2.75) is 46.1 Å². The van der Waals surface area contributed by atoms with Gasteiger partial charge in [-0.3, -0.25) is 0 Å². The van der Waals surface area contributed by atoms with Gasteiger partial charge < -0.3 is 5.32 Å². The molecule has 1 aromatic carbocycles. The molecule has 1 aliphatic carbocycles. The summed E-state index contributed by atoms with van der Waals surface area (Å²) in [5.74, 6) is 0.451. The Labute approximate surface area is 120 Å². The third kappa shape index (κ3) is 3.93. The van der Waals surface area contributed by atoms with Crippen molar-refractivity contribution in [1.82, 2.24) is 5.32 Å². The zero-order valence-electron chi connectivity index (χ0n) is 12.0. The number of hydrogen-bond acceptors (Lipinski definition) is 1. The Balaban J connectivity index is 2.09. The first-order valence-electron chi connectivity index (χ1n) is 7.08.